The summed E-state index contributed by atoms with van der Waals surface area (Å²) in [5.74, 6) is 2.69. The first-order valence-electron chi connectivity index (χ1n) is 9.44. The van der Waals surface area contributed by atoms with Crippen molar-refractivity contribution in [2.45, 2.75) is 56.8 Å². The summed E-state index contributed by atoms with van der Waals surface area (Å²) in [5, 5.41) is 8.41. The van der Waals surface area contributed by atoms with Crippen molar-refractivity contribution in [3.63, 3.8) is 0 Å². The minimum absolute atomic E-state index is 0.276. The van der Waals surface area contributed by atoms with Gasteiger partial charge in [-0.25, -0.2) is 0 Å². The highest BCUT2D eigenvalue weighted by Crippen LogP contribution is 2.40. The van der Waals surface area contributed by atoms with Crippen LogP contribution in [-0.4, -0.2) is 34.1 Å². The van der Waals surface area contributed by atoms with Gasteiger partial charge in [-0.2, -0.15) is 0 Å². The zero-order valence-electron chi connectivity index (χ0n) is 14.6. The number of hydrogen-bond acceptors (Lipinski definition) is 4. The van der Waals surface area contributed by atoms with Crippen LogP contribution < -0.4 is 0 Å². The van der Waals surface area contributed by atoms with E-state index in [9.17, 15) is 4.79 Å². The molecule has 2 heterocycles. The number of piperidine rings is 1. The molecule has 25 heavy (non-hydrogen) atoms. The normalized spacial score (nSPS) is 18.5. The van der Waals surface area contributed by atoms with Crippen molar-refractivity contribution >= 4 is 5.91 Å². The zero-order chi connectivity index (χ0) is 17.1. The Bertz CT molecular complexity index is 701. The van der Waals surface area contributed by atoms with E-state index in [1.165, 1.54) is 18.4 Å². The van der Waals surface area contributed by atoms with Crippen molar-refractivity contribution in [2.75, 3.05) is 13.1 Å². The van der Waals surface area contributed by atoms with Crippen molar-refractivity contribution in [2.24, 2.45) is 0 Å². The molecular formula is C20H25N3O2. The lowest BCUT2D eigenvalue weighted by Gasteiger charge is -2.30. The monoisotopic (exact) mass is 339 g/mol. The number of nitrogens with zero attached hydrogens (tertiary/aromatic N) is 3. The summed E-state index contributed by atoms with van der Waals surface area (Å²) in [7, 11) is 0. The van der Waals surface area contributed by atoms with E-state index >= 15 is 0 Å². The molecule has 5 nitrogen and oxygen atoms in total. The SMILES string of the molecule is O=C(CCCc1ccccc1)N1CCC(c2nnc(C3CC3)o2)CC1. The van der Waals surface area contributed by atoms with Gasteiger partial charge in [0.15, 0.2) is 0 Å². The van der Waals surface area contributed by atoms with Crippen molar-refractivity contribution in [3.05, 3.63) is 47.7 Å². The highest BCUT2D eigenvalue weighted by molar-refractivity contribution is 5.76. The first-order chi connectivity index (χ1) is 12.3. The second kappa shape index (κ2) is 7.38. The maximum absolute atomic E-state index is 12.4. The summed E-state index contributed by atoms with van der Waals surface area (Å²) < 4.78 is 5.83. The Kier molecular flexibility index (Phi) is 4.81. The summed E-state index contributed by atoms with van der Waals surface area (Å²) in [6, 6.07) is 10.4. The summed E-state index contributed by atoms with van der Waals surface area (Å²) in [5.41, 5.74) is 1.30. The van der Waals surface area contributed by atoms with E-state index in [1.54, 1.807) is 0 Å². The van der Waals surface area contributed by atoms with Gasteiger partial charge in [0.2, 0.25) is 17.7 Å². The summed E-state index contributed by atoms with van der Waals surface area (Å²) in [6.07, 6.45) is 6.72. The smallest absolute Gasteiger partial charge is 0.222 e. The lowest BCUT2D eigenvalue weighted by atomic mass is 9.96. The zero-order valence-corrected chi connectivity index (χ0v) is 14.6. The molecule has 4 rings (SSSR count). The number of hydrogen-bond donors (Lipinski definition) is 0. The molecule has 1 aromatic heterocycles. The minimum Gasteiger partial charge on any atom is -0.425 e. The maximum Gasteiger partial charge on any atom is 0.222 e. The molecule has 0 spiro atoms. The van der Waals surface area contributed by atoms with Crippen molar-refractivity contribution in [1.29, 1.82) is 0 Å². The molecular weight excluding hydrogens is 314 g/mol. The van der Waals surface area contributed by atoms with Crippen LogP contribution in [-0.2, 0) is 11.2 Å². The molecule has 2 aliphatic rings. The van der Waals surface area contributed by atoms with E-state index in [1.807, 2.05) is 23.1 Å². The van der Waals surface area contributed by atoms with Crippen LogP contribution in [0.25, 0.3) is 0 Å². The molecule has 5 heteroatoms. The van der Waals surface area contributed by atoms with Gasteiger partial charge in [-0.1, -0.05) is 30.3 Å². The van der Waals surface area contributed by atoms with Gasteiger partial charge in [0.25, 0.3) is 0 Å². The second-order valence-electron chi connectivity index (χ2n) is 7.25. The largest absolute Gasteiger partial charge is 0.425 e. The summed E-state index contributed by atoms with van der Waals surface area (Å²) in [4.78, 5) is 14.4. The van der Waals surface area contributed by atoms with Crippen LogP contribution in [0.2, 0.25) is 0 Å². The summed E-state index contributed by atoms with van der Waals surface area (Å²) >= 11 is 0. The number of carbonyl (C=O) groups is 1. The van der Waals surface area contributed by atoms with Gasteiger partial charge in [0, 0.05) is 31.3 Å². The van der Waals surface area contributed by atoms with Crippen LogP contribution in [0.1, 0.15) is 67.7 Å². The second-order valence-corrected chi connectivity index (χ2v) is 7.25. The first-order valence-corrected chi connectivity index (χ1v) is 9.44. The molecule has 0 N–H and O–H groups in total. The van der Waals surface area contributed by atoms with Crippen LogP contribution in [0.4, 0.5) is 0 Å². The number of aromatic nitrogens is 2. The molecule has 0 bridgehead atoms. The molecule has 1 aliphatic carbocycles. The van der Waals surface area contributed by atoms with Crippen molar-refractivity contribution < 1.29 is 9.21 Å². The molecule has 1 aromatic carbocycles. The Morgan fingerprint density at radius 2 is 1.64 bits per heavy atom. The number of amides is 1. The van der Waals surface area contributed by atoms with Crippen molar-refractivity contribution in [1.82, 2.24) is 15.1 Å². The number of carbonyl (C=O) groups excluding carboxylic acids is 1. The van der Waals surface area contributed by atoms with Crippen LogP contribution in [0.15, 0.2) is 34.7 Å². The predicted molar refractivity (Wildman–Crippen MR) is 94.2 cm³/mol. The third-order valence-electron chi connectivity index (χ3n) is 5.28. The van der Waals surface area contributed by atoms with Crippen LogP contribution in [0.5, 0.6) is 0 Å². The maximum atomic E-state index is 12.4. The van der Waals surface area contributed by atoms with E-state index in [2.05, 4.69) is 22.3 Å². The van der Waals surface area contributed by atoms with Crippen molar-refractivity contribution in [3.8, 4) is 0 Å². The Morgan fingerprint density at radius 3 is 2.28 bits per heavy atom. The fraction of sp³-hybridized carbons (Fsp3) is 0.550. The third kappa shape index (κ3) is 4.09. The standard InChI is InChI=1S/C20H25N3O2/c24-18(8-4-7-15-5-2-1-3-6-15)23-13-11-17(12-14-23)20-22-21-19(25-20)16-9-10-16/h1-3,5-6,16-17H,4,7-14H2. The average Bonchev–Trinajstić information content (AvgIpc) is 3.40. The lowest BCUT2D eigenvalue weighted by molar-refractivity contribution is -0.132. The minimum atomic E-state index is 0.276. The molecule has 1 amide bonds. The van der Waals surface area contributed by atoms with E-state index < -0.39 is 0 Å². The van der Waals surface area contributed by atoms with Crippen LogP contribution in [0, 0.1) is 0 Å². The molecule has 2 aromatic rings. The Balaban J connectivity index is 1.21. The van der Waals surface area contributed by atoms with E-state index in [-0.39, 0.29) is 5.91 Å². The number of likely N-dealkylation sites (tertiary alicyclic amines) is 1. The molecule has 1 saturated carbocycles. The van der Waals surface area contributed by atoms with Gasteiger partial charge >= 0.3 is 0 Å². The fourth-order valence-electron chi connectivity index (χ4n) is 3.53. The molecule has 0 radical (unpaired) electrons. The third-order valence-corrected chi connectivity index (χ3v) is 5.28. The topological polar surface area (TPSA) is 59.2 Å². The van der Waals surface area contributed by atoms with Gasteiger partial charge in [0.05, 0.1) is 0 Å². The van der Waals surface area contributed by atoms with Crippen LogP contribution in [0.3, 0.4) is 0 Å². The quantitative estimate of drug-likeness (QED) is 0.805. The average molecular weight is 339 g/mol. The highest BCUT2D eigenvalue weighted by Gasteiger charge is 2.32. The van der Waals surface area contributed by atoms with Gasteiger partial charge in [-0.05, 0) is 44.1 Å². The number of aryl methyl sites for hydroxylation is 1. The van der Waals surface area contributed by atoms with Gasteiger partial charge in [-0.15, -0.1) is 10.2 Å². The van der Waals surface area contributed by atoms with Gasteiger partial charge in [-0.3, -0.25) is 4.79 Å². The molecule has 132 valence electrons. The van der Waals surface area contributed by atoms with Crippen LogP contribution >= 0.6 is 0 Å². The lowest BCUT2D eigenvalue weighted by Crippen LogP contribution is -2.37. The Hall–Kier alpha value is -2.17. The number of rotatable bonds is 6. The highest BCUT2D eigenvalue weighted by atomic mass is 16.4. The Morgan fingerprint density at radius 1 is 1.00 bits per heavy atom. The van der Waals surface area contributed by atoms with Gasteiger partial charge < -0.3 is 9.32 Å². The van der Waals surface area contributed by atoms with Gasteiger partial charge in [0.1, 0.15) is 0 Å². The van der Waals surface area contributed by atoms with E-state index in [0.717, 1.165) is 50.6 Å². The molecule has 1 aliphatic heterocycles. The molecule has 2 fully saturated rings. The molecule has 0 unspecified atom stereocenters. The first kappa shape index (κ1) is 16.3. The van der Waals surface area contributed by atoms with E-state index in [0.29, 0.717) is 18.3 Å². The number of benzene rings is 1. The Labute approximate surface area is 148 Å². The molecule has 1 saturated heterocycles. The summed E-state index contributed by atoms with van der Waals surface area (Å²) in [6.45, 7) is 1.60. The molecule has 0 atom stereocenters. The predicted octanol–water partition coefficient (Wildman–Crippen LogP) is 3.68. The van der Waals surface area contributed by atoms with E-state index in [4.69, 9.17) is 4.42 Å². The fourth-order valence-corrected chi connectivity index (χ4v) is 3.53.